The van der Waals surface area contributed by atoms with E-state index in [4.69, 9.17) is 4.98 Å². The number of thiophene rings is 2. The van der Waals surface area contributed by atoms with Crippen LogP contribution in [0.3, 0.4) is 0 Å². The molecule has 0 aromatic carbocycles. The predicted octanol–water partition coefficient (Wildman–Crippen LogP) is 4.29. The second-order valence-corrected chi connectivity index (χ2v) is 7.59. The van der Waals surface area contributed by atoms with Crippen LogP contribution in [0.15, 0.2) is 16.2 Å². The molecule has 1 N–H and O–H groups in total. The van der Waals surface area contributed by atoms with Gasteiger partial charge in [-0.3, -0.25) is 4.79 Å². The molecule has 0 unspecified atom stereocenters. The molecule has 3 nitrogen and oxygen atoms in total. The predicted molar refractivity (Wildman–Crippen MR) is 89.5 cm³/mol. The number of H-pyrrole nitrogens is 1. The summed E-state index contributed by atoms with van der Waals surface area (Å²) in [7, 11) is 0. The molecule has 3 aromatic rings. The Labute approximate surface area is 130 Å². The van der Waals surface area contributed by atoms with Gasteiger partial charge in [0.15, 0.2) is 5.82 Å². The van der Waals surface area contributed by atoms with Crippen LogP contribution in [-0.4, -0.2) is 9.97 Å². The van der Waals surface area contributed by atoms with Crippen LogP contribution in [0.25, 0.3) is 20.9 Å². The molecule has 0 saturated heterocycles. The van der Waals surface area contributed by atoms with Crippen molar-refractivity contribution in [2.45, 2.75) is 39.0 Å². The summed E-state index contributed by atoms with van der Waals surface area (Å²) in [5, 5.41) is 2.88. The van der Waals surface area contributed by atoms with Gasteiger partial charge < -0.3 is 4.98 Å². The molecule has 1 aliphatic carbocycles. The third kappa shape index (κ3) is 2.15. The molecule has 0 atom stereocenters. The maximum atomic E-state index is 12.6. The van der Waals surface area contributed by atoms with Crippen LogP contribution in [0.1, 0.15) is 35.3 Å². The van der Waals surface area contributed by atoms with Crippen LogP contribution >= 0.6 is 22.7 Å². The Morgan fingerprint density at radius 1 is 1.24 bits per heavy atom. The van der Waals surface area contributed by atoms with Gasteiger partial charge in [0.1, 0.15) is 4.83 Å². The average Bonchev–Trinajstić information content (AvgIpc) is 2.96. The van der Waals surface area contributed by atoms with E-state index in [2.05, 4.69) is 18.0 Å². The van der Waals surface area contributed by atoms with Crippen molar-refractivity contribution >= 4 is 32.9 Å². The van der Waals surface area contributed by atoms with Crippen LogP contribution in [-0.2, 0) is 12.8 Å². The number of fused-ring (bicyclic) bond motifs is 3. The summed E-state index contributed by atoms with van der Waals surface area (Å²) in [6, 6.07) is 2.06. The van der Waals surface area contributed by atoms with Gasteiger partial charge in [-0.05, 0) is 55.2 Å². The van der Waals surface area contributed by atoms with E-state index in [0.29, 0.717) is 0 Å². The van der Waals surface area contributed by atoms with Crippen LogP contribution in [0.5, 0.6) is 0 Å². The molecule has 1 aliphatic rings. The fourth-order valence-electron chi connectivity index (χ4n) is 3.06. The van der Waals surface area contributed by atoms with E-state index in [0.717, 1.165) is 33.8 Å². The lowest BCUT2D eigenvalue weighted by molar-refractivity contribution is 0.713. The molecule has 0 fully saturated rings. The molecule has 0 spiro atoms. The van der Waals surface area contributed by atoms with Crippen LogP contribution in [0.4, 0.5) is 0 Å². The average molecular weight is 316 g/mol. The van der Waals surface area contributed by atoms with E-state index < -0.39 is 0 Å². The molecule has 0 bridgehead atoms. The van der Waals surface area contributed by atoms with Crippen LogP contribution in [0.2, 0.25) is 0 Å². The number of nitrogens with zero attached hydrogens (tertiary/aromatic N) is 1. The highest BCUT2D eigenvalue weighted by Crippen LogP contribution is 2.34. The molecule has 0 radical (unpaired) electrons. The molecule has 0 aliphatic heterocycles. The Kier molecular flexibility index (Phi) is 3.19. The molecule has 21 heavy (non-hydrogen) atoms. The molecule has 4 rings (SSSR count). The van der Waals surface area contributed by atoms with E-state index in [1.165, 1.54) is 35.3 Å². The molecular formula is C16H16N2OS2. The van der Waals surface area contributed by atoms with Crippen molar-refractivity contribution in [3.8, 4) is 10.7 Å². The third-order valence-electron chi connectivity index (χ3n) is 4.15. The Balaban J connectivity index is 1.96. The fraction of sp³-hybridized carbons (Fsp3) is 0.375. The van der Waals surface area contributed by atoms with Crippen molar-refractivity contribution in [2.75, 3.05) is 0 Å². The number of hydrogen-bond donors (Lipinski definition) is 1. The van der Waals surface area contributed by atoms with Gasteiger partial charge in [0.25, 0.3) is 5.56 Å². The van der Waals surface area contributed by atoms with Crippen molar-refractivity contribution in [1.29, 1.82) is 0 Å². The first-order chi connectivity index (χ1) is 10.2. The standard InChI is InChI=1S/C16H16N2OS2/c1-9-7-8-20-13(9)14-17-15(19)12-10-5-3-2-4-6-11(10)21-16(12)18-14/h7-8H,2-6H2,1H3,(H,17,18,19). The number of nitrogens with one attached hydrogen (secondary N) is 1. The van der Waals surface area contributed by atoms with E-state index in [1.54, 1.807) is 22.7 Å². The zero-order chi connectivity index (χ0) is 14.4. The Hall–Kier alpha value is -1.46. The third-order valence-corrected chi connectivity index (χ3v) is 6.36. The number of aryl methyl sites for hydroxylation is 3. The SMILES string of the molecule is Cc1ccsc1-c1nc2sc3c(c2c(=O)[nH]1)CCCCC3. The van der Waals surface area contributed by atoms with Crippen molar-refractivity contribution in [3.05, 3.63) is 37.8 Å². The van der Waals surface area contributed by atoms with Crippen molar-refractivity contribution in [2.24, 2.45) is 0 Å². The zero-order valence-electron chi connectivity index (χ0n) is 11.9. The van der Waals surface area contributed by atoms with Crippen LogP contribution < -0.4 is 5.56 Å². The molecule has 0 saturated carbocycles. The summed E-state index contributed by atoms with van der Waals surface area (Å²) < 4.78 is 0. The first-order valence-corrected chi connectivity index (χ1v) is 9.02. The minimum Gasteiger partial charge on any atom is -0.305 e. The second-order valence-electron chi connectivity index (χ2n) is 5.59. The van der Waals surface area contributed by atoms with Gasteiger partial charge in [-0.25, -0.2) is 4.98 Å². The fourth-order valence-corrected chi connectivity index (χ4v) is 5.20. The Bertz CT molecular complexity index is 872. The summed E-state index contributed by atoms with van der Waals surface area (Å²) in [5.74, 6) is 0.719. The molecule has 3 heterocycles. The lowest BCUT2D eigenvalue weighted by Gasteiger charge is -2.01. The first-order valence-electron chi connectivity index (χ1n) is 7.33. The van der Waals surface area contributed by atoms with E-state index in [1.807, 2.05) is 5.38 Å². The number of aromatic amines is 1. The van der Waals surface area contributed by atoms with Crippen LogP contribution in [0, 0.1) is 6.92 Å². The van der Waals surface area contributed by atoms with Gasteiger partial charge in [-0.2, -0.15) is 0 Å². The van der Waals surface area contributed by atoms with E-state index in [-0.39, 0.29) is 5.56 Å². The summed E-state index contributed by atoms with van der Waals surface area (Å²) in [5.41, 5.74) is 2.46. The highest BCUT2D eigenvalue weighted by molar-refractivity contribution is 7.19. The Morgan fingerprint density at radius 3 is 2.90 bits per heavy atom. The zero-order valence-corrected chi connectivity index (χ0v) is 13.5. The summed E-state index contributed by atoms with van der Waals surface area (Å²) in [6.07, 6.45) is 5.81. The molecular weight excluding hydrogens is 300 g/mol. The largest absolute Gasteiger partial charge is 0.305 e. The van der Waals surface area contributed by atoms with E-state index in [9.17, 15) is 4.79 Å². The highest BCUT2D eigenvalue weighted by Gasteiger charge is 2.19. The summed E-state index contributed by atoms with van der Waals surface area (Å²) in [4.78, 5) is 23.7. The lowest BCUT2D eigenvalue weighted by Crippen LogP contribution is -2.09. The van der Waals surface area contributed by atoms with Crippen molar-refractivity contribution in [1.82, 2.24) is 9.97 Å². The van der Waals surface area contributed by atoms with Gasteiger partial charge in [0, 0.05) is 4.88 Å². The monoisotopic (exact) mass is 316 g/mol. The number of hydrogen-bond acceptors (Lipinski definition) is 4. The molecule has 108 valence electrons. The van der Waals surface area contributed by atoms with Gasteiger partial charge in [0.05, 0.1) is 10.3 Å². The minimum atomic E-state index is 0.0298. The smallest absolute Gasteiger partial charge is 0.260 e. The lowest BCUT2D eigenvalue weighted by atomic mass is 10.1. The van der Waals surface area contributed by atoms with Gasteiger partial charge in [0.2, 0.25) is 0 Å². The molecule has 3 aromatic heterocycles. The Morgan fingerprint density at radius 2 is 2.10 bits per heavy atom. The number of aromatic nitrogens is 2. The van der Waals surface area contributed by atoms with Gasteiger partial charge >= 0.3 is 0 Å². The van der Waals surface area contributed by atoms with Crippen molar-refractivity contribution < 1.29 is 0 Å². The first kappa shape index (κ1) is 13.2. The van der Waals surface area contributed by atoms with Gasteiger partial charge in [-0.1, -0.05) is 6.42 Å². The summed E-state index contributed by atoms with van der Waals surface area (Å²) in [6.45, 7) is 2.06. The highest BCUT2D eigenvalue weighted by atomic mass is 32.1. The number of rotatable bonds is 1. The molecule has 0 amide bonds. The quantitative estimate of drug-likeness (QED) is 0.681. The second kappa shape index (κ2) is 5.07. The maximum absolute atomic E-state index is 12.6. The molecule has 5 heteroatoms. The summed E-state index contributed by atoms with van der Waals surface area (Å²) >= 11 is 3.35. The van der Waals surface area contributed by atoms with Crippen molar-refractivity contribution in [3.63, 3.8) is 0 Å². The van der Waals surface area contributed by atoms with Gasteiger partial charge in [-0.15, -0.1) is 22.7 Å². The normalized spacial score (nSPS) is 15.1. The van der Waals surface area contributed by atoms with E-state index >= 15 is 0 Å². The topological polar surface area (TPSA) is 45.8 Å². The minimum absolute atomic E-state index is 0.0298. The maximum Gasteiger partial charge on any atom is 0.260 e.